The second-order valence-electron chi connectivity index (χ2n) is 7.00. The van der Waals surface area contributed by atoms with Gasteiger partial charge in [0.15, 0.2) is 11.5 Å². The molecule has 1 atom stereocenters. The largest absolute Gasteiger partial charge is 0.493 e. The quantitative estimate of drug-likeness (QED) is 0.587. The summed E-state index contributed by atoms with van der Waals surface area (Å²) in [5, 5.41) is -0.443. The number of morpholine rings is 1. The minimum Gasteiger partial charge on any atom is -0.493 e. The maximum atomic E-state index is 11.5. The van der Waals surface area contributed by atoms with Gasteiger partial charge >= 0.3 is 5.37 Å². The number of carbonyl (C=O) groups excluding carboxylic acids is 1. The summed E-state index contributed by atoms with van der Waals surface area (Å²) in [5.74, 6) is 1.46. The minimum absolute atomic E-state index is 0.235. The number of hydrogen-bond donors (Lipinski definition) is 0. The van der Waals surface area contributed by atoms with E-state index in [9.17, 15) is 4.79 Å². The number of ether oxygens (including phenoxy) is 3. The van der Waals surface area contributed by atoms with E-state index in [-0.39, 0.29) is 6.10 Å². The van der Waals surface area contributed by atoms with Crippen LogP contribution in [0.5, 0.6) is 11.5 Å². The average Bonchev–Trinajstić information content (AvgIpc) is 2.62. The lowest BCUT2D eigenvalue weighted by Crippen LogP contribution is -2.49. The highest BCUT2D eigenvalue weighted by Crippen LogP contribution is 2.37. The zero-order valence-corrected chi connectivity index (χ0v) is 15.7. The fourth-order valence-corrected chi connectivity index (χ4v) is 3.80. The number of methoxy groups -OCH3 is 1. The Morgan fingerprint density at radius 2 is 2.04 bits per heavy atom. The highest BCUT2D eigenvalue weighted by molar-refractivity contribution is 6.62. The van der Waals surface area contributed by atoms with Gasteiger partial charge in [-0.1, -0.05) is 12.5 Å². The molecule has 6 heteroatoms. The summed E-state index contributed by atoms with van der Waals surface area (Å²) < 4.78 is 17.7. The number of nitrogens with zero attached hydrogens (tertiary/aromatic N) is 1. The van der Waals surface area contributed by atoms with Crippen molar-refractivity contribution in [1.29, 1.82) is 0 Å². The highest BCUT2D eigenvalue weighted by atomic mass is 35.5. The standard InChI is InChI=1S/C19H26ClNO4/c1-19(13-21(18(20)22)10-11-24-19)14-8-9-16(23-2)17(12-14)25-15-6-4-3-5-7-15/h8-9,12,15H,3-7,10-11,13H2,1-2H3. The first-order valence-corrected chi connectivity index (χ1v) is 9.33. The Balaban J connectivity index is 1.83. The van der Waals surface area contributed by atoms with Crippen molar-refractivity contribution in [2.45, 2.75) is 50.7 Å². The van der Waals surface area contributed by atoms with Crippen molar-refractivity contribution in [3.8, 4) is 11.5 Å². The number of amides is 1. The molecule has 1 aromatic carbocycles. The summed E-state index contributed by atoms with van der Waals surface area (Å²) in [6, 6.07) is 5.86. The molecule has 138 valence electrons. The van der Waals surface area contributed by atoms with Crippen LogP contribution >= 0.6 is 11.6 Å². The summed E-state index contributed by atoms with van der Waals surface area (Å²) in [5.41, 5.74) is 0.349. The van der Waals surface area contributed by atoms with Gasteiger partial charge in [0.1, 0.15) is 5.60 Å². The van der Waals surface area contributed by atoms with Gasteiger partial charge in [0.05, 0.1) is 26.4 Å². The SMILES string of the molecule is COc1ccc(C2(C)CN(C(=O)Cl)CCO2)cc1OC1CCCCC1. The molecule has 0 bridgehead atoms. The second kappa shape index (κ2) is 7.83. The molecule has 1 aliphatic carbocycles. The smallest absolute Gasteiger partial charge is 0.316 e. The molecule has 0 N–H and O–H groups in total. The van der Waals surface area contributed by atoms with Crippen molar-refractivity contribution in [3.63, 3.8) is 0 Å². The van der Waals surface area contributed by atoms with Crippen LogP contribution in [0.3, 0.4) is 0 Å². The van der Waals surface area contributed by atoms with Crippen LogP contribution in [-0.2, 0) is 10.3 Å². The van der Waals surface area contributed by atoms with Crippen molar-refractivity contribution in [2.75, 3.05) is 26.8 Å². The first kappa shape index (κ1) is 18.3. The fraction of sp³-hybridized carbons (Fsp3) is 0.632. The van der Waals surface area contributed by atoms with Gasteiger partial charge in [0.25, 0.3) is 0 Å². The summed E-state index contributed by atoms with van der Waals surface area (Å²) in [6.07, 6.45) is 6.09. The average molecular weight is 368 g/mol. The molecule has 5 nitrogen and oxygen atoms in total. The van der Waals surface area contributed by atoms with E-state index < -0.39 is 11.0 Å². The lowest BCUT2D eigenvalue weighted by molar-refractivity contribution is -0.0886. The van der Waals surface area contributed by atoms with Crippen molar-refractivity contribution < 1.29 is 19.0 Å². The van der Waals surface area contributed by atoms with Gasteiger partial charge < -0.3 is 19.1 Å². The Morgan fingerprint density at radius 1 is 1.28 bits per heavy atom. The molecule has 1 unspecified atom stereocenters. The van der Waals surface area contributed by atoms with Crippen LogP contribution in [-0.4, -0.2) is 43.2 Å². The molecule has 1 amide bonds. The number of benzene rings is 1. The summed E-state index contributed by atoms with van der Waals surface area (Å²) >= 11 is 5.67. The van der Waals surface area contributed by atoms with Crippen molar-refractivity contribution in [2.24, 2.45) is 0 Å². The third-order valence-electron chi connectivity index (χ3n) is 5.14. The molecule has 0 spiro atoms. The Kier molecular flexibility index (Phi) is 5.74. The number of carbonyl (C=O) groups is 1. The third-order valence-corrected chi connectivity index (χ3v) is 5.38. The molecule has 0 radical (unpaired) electrons. The van der Waals surface area contributed by atoms with Gasteiger partial charge in [-0.2, -0.15) is 0 Å². The van der Waals surface area contributed by atoms with Crippen molar-refractivity contribution in [1.82, 2.24) is 4.90 Å². The molecule has 1 aliphatic heterocycles. The fourth-order valence-electron chi connectivity index (χ4n) is 3.65. The van der Waals surface area contributed by atoms with Crippen LogP contribution in [0.2, 0.25) is 0 Å². The summed E-state index contributed by atoms with van der Waals surface area (Å²) in [6.45, 7) is 3.37. The Morgan fingerprint density at radius 3 is 2.72 bits per heavy atom. The van der Waals surface area contributed by atoms with E-state index in [4.69, 9.17) is 25.8 Å². The van der Waals surface area contributed by atoms with Crippen LogP contribution in [0.1, 0.15) is 44.6 Å². The normalized spacial score (nSPS) is 24.8. The first-order valence-electron chi connectivity index (χ1n) is 8.95. The molecule has 3 rings (SSSR count). The molecular weight excluding hydrogens is 342 g/mol. The van der Waals surface area contributed by atoms with Gasteiger partial charge in [-0.05, 0) is 61.9 Å². The van der Waals surface area contributed by atoms with Crippen molar-refractivity contribution >= 4 is 17.0 Å². The molecule has 2 aliphatic rings. The molecule has 1 aromatic rings. The lowest BCUT2D eigenvalue weighted by atomic mass is 9.93. The van der Waals surface area contributed by atoms with E-state index in [1.165, 1.54) is 19.3 Å². The van der Waals surface area contributed by atoms with Gasteiger partial charge in [-0.3, -0.25) is 4.79 Å². The van der Waals surface area contributed by atoms with Crippen LogP contribution in [0.15, 0.2) is 18.2 Å². The maximum absolute atomic E-state index is 11.5. The highest BCUT2D eigenvalue weighted by Gasteiger charge is 2.36. The number of rotatable bonds is 4. The molecule has 1 saturated heterocycles. The number of hydrogen-bond acceptors (Lipinski definition) is 4. The first-order chi connectivity index (χ1) is 12.0. The zero-order chi connectivity index (χ0) is 17.9. The number of halogens is 1. The zero-order valence-electron chi connectivity index (χ0n) is 14.9. The predicted molar refractivity (Wildman–Crippen MR) is 96.6 cm³/mol. The monoisotopic (exact) mass is 367 g/mol. The molecule has 1 saturated carbocycles. The van der Waals surface area contributed by atoms with E-state index in [1.807, 2.05) is 25.1 Å². The van der Waals surface area contributed by atoms with E-state index in [0.29, 0.717) is 19.7 Å². The molecular formula is C19H26ClNO4. The summed E-state index contributed by atoms with van der Waals surface area (Å²) in [4.78, 5) is 13.1. The lowest BCUT2D eigenvalue weighted by Gasteiger charge is -2.40. The van der Waals surface area contributed by atoms with Gasteiger partial charge in [-0.25, -0.2) is 0 Å². The van der Waals surface area contributed by atoms with Crippen LogP contribution < -0.4 is 9.47 Å². The predicted octanol–water partition coefficient (Wildman–Crippen LogP) is 4.31. The molecule has 0 aromatic heterocycles. The van der Waals surface area contributed by atoms with Crippen molar-refractivity contribution in [3.05, 3.63) is 23.8 Å². The van der Waals surface area contributed by atoms with E-state index >= 15 is 0 Å². The van der Waals surface area contributed by atoms with Gasteiger partial charge in [0, 0.05) is 6.54 Å². The molecule has 25 heavy (non-hydrogen) atoms. The van der Waals surface area contributed by atoms with Crippen LogP contribution in [0.4, 0.5) is 4.79 Å². The molecule has 1 heterocycles. The third kappa shape index (κ3) is 4.21. The Hall–Kier alpha value is -1.46. The maximum Gasteiger partial charge on any atom is 0.316 e. The van der Waals surface area contributed by atoms with Gasteiger partial charge in [-0.15, -0.1) is 0 Å². The second-order valence-corrected chi connectivity index (χ2v) is 7.32. The Labute approximate surface area is 154 Å². The van der Waals surface area contributed by atoms with Crippen LogP contribution in [0.25, 0.3) is 0 Å². The van der Waals surface area contributed by atoms with Gasteiger partial charge in [0.2, 0.25) is 0 Å². The minimum atomic E-state index is -0.611. The Bertz CT molecular complexity index is 617. The van der Waals surface area contributed by atoms with E-state index in [2.05, 4.69) is 0 Å². The summed E-state index contributed by atoms with van der Waals surface area (Å²) in [7, 11) is 1.65. The topological polar surface area (TPSA) is 48.0 Å². The van der Waals surface area contributed by atoms with E-state index in [1.54, 1.807) is 12.0 Å². The van der Waals surface area contributed by atoms with Crippen LogP contribution in [0, 0.1) is 0 Å². The molecule has 2 fully saturated rings. The van der Waals surface area contributed by atoms with E-state index in [0.717, 1.165) is 29.9 Å².